The zero-order valence-electron chi connectivity index (χ0n) is 9.21. The van der Waals surface area contributed by atoms with E-state index in [1.54, 1.807) is 4.90 Å². The summed E-state index contributed by atoms with van der Waals surface area (Å²) in [5.74, 6) is -0.119. The lowest BCUT2D eigenvalue weighted by molar-refractivity contribution is -0.121. The molecular formula is C10H14N3O3. The number of amides is 2. The molecule has 0 aromatic heterocycles. The van der Waals surface area contributed by atoms with E-state index in [-0.39, 0.29) is 18.5 Å². The highest BCUT2D eigenvalue weighted by Crippen LogP contribution is 2.04. The predicted octanol–water partition coefficient (Wildman–Crippen LogP) is 0.621. The van der Waals surface area contributed by atoms with Gasteiger partial charge in [-0.05, 0) is 13.8 Å². The smallest absolute Gasteiger partial charge is 0.352 e. The van der Waals surface area contributed by atoms with Crippen LogP contribution in [-0.4, -0.2) is 34.4 Å². The van der Waals surface area contributed by atoms with E-state index in [1.165, 1.54) is 24.8 Å². The van der Waals surface area contributed by atoms with Crippen LogP contribution in [0.4, 0.5) is 4.79 Å². The molecule has 0 saturated heterocycles. The average molecular weight is 224 g/mol. The number of carbonyl (C=O) groups excluding carboxylic acids is 2. The molecule has 2 amide bonds. The fourth-order valence-electron chi connectivity index (χ4n) is 1.17. The highest BCUT2D eigenvalue weighted by atomic mass is 16.4. The van der Waals surface area contributed by atoms with Gasteiger partial charge in [-0.3, -0.25) is 9.69 Å². The summed E-state index contributed by atoms with van der Waals surface area (Å²) in [4.78, 5) is 24.3. The molecule has 0 unspecified atom stereocenters. The van der Waals surface area contributed by atoms with Crippen molar-refractivity contribution < 1.29 is 14.7 Å². The van der Waals surface area contributed by atoms with Gasteiger partial charge in [0.2, 0.25) is 5.91 Å². The predicted molar refractivity (Wildman–Crippen MR) is 56.2 cm³/mol. The minimum atomic E-state index is -1.31. The van der Waals surface area contributed by atoms with Crippen LogP contribution in [0.1, 0.15) is 13.8 Å². The zero-order valence-corrected chi connectivity index (χ0v) is 9.21. The van der Waals surface area contributed by atoms with E-state index in [9.17, 15) is 14.7 Å². The Morgan fingerprint density at radius 1 is 1.19 bits per heavy atom. The van der Waals surface area contributed by atoms with Gasteiger partial charge < -0.3 is 10.2 Å². The van der Waals surface area contributed by atoms with Gasteiger partial charge in [0.05, 0.1) is 0 Å². The summed E-state index contributed by atoms with van der Waals surface area (Å²) < 4.78 is 0. The Morgan fingerprint density at radius 3 is 2.19 bits per heavy atom. The van der Waals surface area contributed by atoms with Gasteiger partial charge >= 0.3 is 6.09 Å². The molecule has 0 atom stereocenters. The topological polar surface area (TPSA) is 72.6 Å². The van der Waals surface area contributed by atoms with Crippen molar-refractivity contribution in [2.75, 3.05) is 6.54 Å². The van der Waals surface area contributed by atoms with E-state index in [0.29, 0.717) is 0 Å². The van der Waals surface area contributed by atoms with Gasteiger partial charge in [0.25, 0.3) is 0 Å². The third kappa shape index (κ3) is 3.64. The first-order valence-electron chi connectivity index (χ1n) is 4.90. The first-order valence-corrected chi connectivity index (χ1v) is 4.90. The van der Waals surface area contributed by atoms with Crippen LogP contribution in [0.3, 0.4) is 0 Å². The molecule has 0 aromatic rings. The van der Waals surface area contributed by atoms with Crippen molar-refractivity contribution in [3.63, 3.8) is 0 Å². The molecule has 0 saturated carbocycles. The molecule has 1 heterocycles. The summed E-state index contributed by atoms with van der Waals surface area (Å²) in [6, 6.07) is 0.0879. The molecule has 1 rings (SSSR count). The largest absolute Gasteiger partial charge is 0.461 e. The maximum Gasteiger partial charge on any atom is 0.461 e. The Morgan fingerprint density at radius 2 is 1.75 bits per heavy atom. The summed E-state index contributed by atoms with van der Waals surface area (Å²) in [6.07, 6.45) is 4.32. The Bertz CT molecular complexity index is 322. The van der Waals surface area contributed by atoms with Crippen LogP contribution >= 0.6 is 0 Å². The van der Waals surface area contributed by atoms with E-state index < -0.39 is 6.09 Å². The third-order valence-electron chi connectivity index (χ3n) is 1.82. The number of nitrogens with one attached hydrogen (secondary N) is 1. The average Bonchev–Trinajstić information content (AvgIpc) is 2.16. The Hall–Kier alpha value is -1.98. The molecule has 1 radical (unpaired) electrons. The molecule has 0 bridgehead atoms. The zero-order chi connectivity index (χ0) is 12.1. The van der Waals surface area contributed by atoms with Crippen LogP contribution < -0.4 is 5.32 Å². The van der Waals surface area contributed by atoms with Gasteiger partial charge in [-0.2, -0.15) is 0 Å². The molecule has 0 fully saturated rings. The molecule has 0 spiro atoms. The monoisotopic (exact) mass is 224 g/mol. The fraction of sp³-hybridized carbons (Fsp3) is 0.400. The van der Waals surface area contributed by atoms with E-state index in [2.05, 4.69) is 5.32 Å². The molecule has 6 nitrogen and oxygen atoms in total. The summed E-state index contributed by atoms with van der Waals surface area (Å²) in [5.41, 5.74) is 0. The number of nitrogens with zero attached hydrogens (tertiary/aromatic N) is 2. The van der Waals surface area contributed by atoms with Crippen LogP contribution in [0.25, 0.3) is 0 Å². The summed E-state index contributed by atoms with van der Waals surface area (Å²) in [6.45, 7) is 3.90. The SMILES string of the molecule is CC(C)NC(=O)CN1C=CN(C([O])=O)C=C1. The Balaban J connectivity index is 2.43. The van der Waals surface area contributed by atoms with E-state index >= 15 is 0 Å². The van der Waals surface area contributed by atoms with E-state index in [0.717, 1.165) is 4.90 Å². The normalized spacial score (nSPS) is 14.4. The minimum absolute atomic E-state index is 0.0879. The molecule has 87 valence electrons. The molecule has 0 aliphatic carbocycles. The summed E-state index contributed by atoms with van der Waals surface area (Å²) >= 11 is 0. The summed E-state index contributed by atoms with van der Waals surface area (Å²) in [5, 5.41) is 13.2. The molecule has 1 aliphatic rings. The van der Waals surface area contributed by atoms with Crippen molar-refractivity contribution in [1.82, 2.24) is 15.1 Å². The summed E-state index contributed by atoms with van der Waals surface area (Å²) in [7, 11) is 0. The second kappa shape index (κ2) is 5.20. The number of hydrogen-bond donors (Lipinski definition) is 1. The van der Waals surface area contributed by atoms with Gasteiger partial charge in [0, 0.05) is 30.8 Å². The van der Waals surface area contributed by atoms with Crippen molar-refractivity contribution in [2.24, 2.45) is 0 Å². The number of rotatable bonds is 3. The van der Waals surface area contributed by atoms with Crippen molar-refractivity contribution in [1.29, 1.82) is 0 Å². The molecule has 1 N–H and O–H groups in total. The van der Waals surface area contributed by atoms with Gasteiger partial charge in [-0.15, -0.1) is 0 Å². The highest BCUT2D eigenvalue weighted by Gasteiger charge is 2.13. The molecule has 1 aliphatic heterocycles. The Labute approximate surface area is 93.8 Å². The van der Waals surface area contributed by atoms with E-state index in [1.807, 2.05) is 13.8 Å². The first-order chi connectivity index (χ1) is 7.49. The van der Waals surface area contributed by atoms with Crippen LogP contribution in [0.2, 0.25) is 0 Å². The van der Waals surface area contributed by atoms with Crippen LogP contribution in [-0.2, 0) is 9.90 Å². The molecule has 6 heteroatoms. The maximum atomic E-state index is 11.4. The fourth-order valence-corrected chi connectivity index (χ4v) is 1.17. The third-order valence-corrected chi connectivity index (χ3v) is 1.82. The Kier molecular flexibility index (Phi) is 3.93. The van der Waals surface area contributed by atoms with Crippen molar-refractivity contribution in [2.45, 2.75) is 19.9 Å². The van der Waals surface area contributed by atoms with Gasteiger partial charge in [0.1, 0.15) is 6.54 Å². The van der Waals surface area contributed by atoms with Crippen LogP contribution in [0.5, 0.6) is 0 Å². The minimum Gasteiger partial charge on any atom is -0.352 e. The second-order valence-corrected chi connectivity index (χ2v) is 3.66. The van der Waals surface area contributed by atoms with Gasteiger partial charge in [-0.1, -0.05) is 0 Å². The quantitative estimate of drug-likeness (QED) is 0.763. The molecule has 16 heavy (non-hydrogen) atoms. The van der Waals surface area contributed by atoms with Crippen LogP contribution in [0, 0.1) is 0 Å². The molecular weight excluding hydrogens is 210 g/mol. The highest BCUT2D eigenvalue weighted by molar-refractivity contribution is 5.78. The van der Waals surface area contributed by atoms with Crippen molar-refractivity contribution in [3.05, 3.63) is 24.8 Å². The van der Waals surface area contributed by atoms with Gasteiger partial charge in [-0.25, -0.2) is 9.90 Å². The lowest BCUT2D eigenvalue weighted by Crippen LogP contribution is -2.37. The van der Waals surface area contributed by atoms with Crippen molar-refractivity contribution >= 4 is 12.0 Å². The lowest BCUT2D eigenvalue weighted by atomic mass is 10.4. The molecule has 0 aromatic carbocycles. The standard InChI is InChI=1S/C10H14N3O3/c1-8(2)11-9(14)7-12-3-5-13(6-4-12)10(15)16/h3-6,8H,7H2,1-2H3,(H,11,14). The first kappa shape index (κ1) is 12.1. The van der Waals surface area contributed by atoms with Crippen LogP contribution in [0.15, 0.2) is 24.8 Å². The lowest BCUT2D eigenvalue weighted by Gasteiger charge is -2.21. The number of carbonyl (C=O) groups is 2. The van der Waals surface area contributed by atoms with E-state index in [4.69, 9.17) is 0 Å². The second-order valence-electron chi connectivity index (χ2n) is 3.66. The maximum absolute atomic E-state index is 11.4. The number of hydrogen-bond acceptors (Lipinski definition) is 3. The van der Waals surface area contributed by atoms with Crippen molar-refractivity contribution in [3.8, 4) is 0 Å². The van der Waals surface area contributed by atoms with Gasteiger partial charge in [0.15, 0.2) is 0 Å².